The highest BCUT2D eigenvalue weighted by molar-refractivity contribution is 5.83. The number of carbonyl (C=O) groups is 1. The zero-order valence-corrected chi connectivity index (χ0v) is 22.4. The van der Waals surface area contributed by atoms with E-state index in [9.17, 15) is 9.59 Å². The smallest absolute Gasteiger partial charge is 0.410 e. The molecular formula is C29H33FN6O3. The lowest BCUT2D eigenvalue weighted by molar-refractivity contribution is 0.00680. The zero-order valence-electron chi connectivity index (χ0n) is 22.4. The van der Waals surface area contributed by atoms with Crippen molar-refractivity contribution in [2.45, 2.75) is 58.1 Å². The molecule has 5 rings (SSSR count). The van der Waals surface area contributed by atoms with E-state index >= 15 is 4.39 Å². The minimum absolute atomic E-state index is 0.162. The van der Waals surface area contributed by atoms with Crippen LogP contribution in [0.25, 0.3) is 11.2 Å². The normalized spacial score (nSPS) is 17.8. The maximum atomic E-state index is 15.5. The van der Waals surface area contributed by atoms with E-state index in [1.54, 1.807) is 20.8 Å². The fourth-order valence-electron chi connectivity index (χ4n) is 4.96. The van der Waals surface area contributed by atoms with Gasteiger partial charge in [0.2, 0.25) is 0 Å². The second-order valence-corrected chi connectivity index (χ2v) is 10.8. The van der Waals surface area contributed by atoms with Crippen LogP contribution in [-0.2, 0) is 17.8 Å². The van der Waals surface area contributed by atoms with Gasteiger partial charge in [0.1, 0.15) is 23.6 Å². The number of anilines is 1. The van der Waals surface area contributed by atoms with Gasteiger partial charge in [0.25, 0.3) is 0 Å². The molecule has 0 saturated carbocycles. The Hall–Kier alpha value is -4.21. The number of nitrogens with one attached hydrogen (secondary N) is 1. The highest BCUT2D eigenvalue weighted by Crippen LogP contribution is 2.30. The number of amides is 1. The van der Waals surface area contributed by atoms with Gasteiger partial charge in [-0.3, -0.25) is 4.57 Å². The van der Waals surface area contributed by atoms with Gasteiger partial charge in [0, 0.05) is 19.6 Å². The number of hydrogen-bond donors (Lipinski definition) is 1. The fourth-order valence-corrected chi connectivity index (χ4v) is 4.96. The van der Waals surface area contributed by atoms with Crippen LogP contribution in [0, 0.1) is 0 Å². The predicted octanol–water partition coefficient (Wildman–Crippen LogP) is 4.85. The molecule has 1 saturated heterocycles. The minimum atomic E-state index is -1.47. The second kappa shape index (κ2) is 10.9. The number of rotatable bonds is 6. The lowest BCUT2D eigenvalue weighted by Gasteiger charge is -2.35. The van der Waals surface area contributed by atoms with Gasteiger partial charge in [-0.15, -0.1) is 0 Å². The van der Waals surface area contributed by atoms with E-state index in [4.69, 9.17) is 4.74 Å². The van der Waals surface area contributed by atoms with Crippen LogP contribution in [0.4, 0.5) is 15.0 Å². The van der Waals surface area contributed by atoms with Gasteiger partial charge in [-0.2, -0.15) is 0 Å². The lowest BCUT2D eigenvalue weighted by atomic mass is 10.0. The number of carbonyl (C=O) groups excluding carboxylic acids is 1. The van der Waals surface area contributed by atoms with E-state index in [-0.39, 0.29) is 19.5 Å². The van der Waals surface area contributed by atoms with Crippen molar-refractivity contribution >= 4 is 23.1 Å². The average molecular weight is 533 g/mol. The van der Waals surface area contributed by atoms with Crippen LogP contribution in [0.15, 0.2) is 71.8 Å². The molecule has 1 aliphatic rings. The molecule has 39 heavy (non-hydrogen) atoms. The van der Waals surface area contributed by atoms with Gasteiger partial charge in [-0.05, 0) is 38.3 Å². The van der Waals surface area contributed by atoms with Crippen molar-refractivity contribution in [2.75, 3.05) is 18.0 Å². The molecule has 0 aliphatic carbocycles. The van der Waals surface area contributed by atoms with Gasteiger partial charge in [0.05, 0.1) is 12.6 Å². The van der Waals surface area contributed by atoms with Crippen LogP contribution in [0.2, 0.25) is 0 Å². The highest BCUT2D eigenvalue weighted by Gasteiger charge is 2.36. The highest BCUT2D eigenvalue weighted by atomic mass is 19.1. The van der Waals surface area contributed by atoms with Crippen molar-refractivity contribution in [1.29, 1.82) is 0 Å². The molecule has 1 amide bonds. The SMILES string of the molecule is CC(C)(C)OC(=O)N1CC[C@@H](n2c(=O)[nH]c3c(N(Cc4ccccc4)Cc4ccccc4)ncnc32)[C@H](F)C1. The van der Waals surface area contributed by atoms with E-state index in [1.165, 1.54) is 15.8 Å². The summed E-state index contributed by atoms with van der Waals surface area (Å²) >= 11 is 0. The monoisotopic (exact) mass is 532 g/mol. The van der Waals surface area contributed by atoms with Crippen molar-refractivity contribution in [3.05, 3.63) is 88.6 Å². The molecule has 3 heterocycles. The van der Waals surface area contributed by atoms with Crippen molar-refractivity contribution in [3.8, 4) is 0 Å². The van der Waals surface area contributed by atoms with Gasteiger partial charge < -0.3 is 19.5 Å². The Balaban J connectivity index is 1.46. The molecule has 1 fully saturated rings. The molecule has 0 unspecified atom stereocenters. The van der Waals surface area contributed by atoms with Crippen molar-refractivity contribution < 1.29 is 13.9 Å². The Bertz CT molecular complexity index is 1440. The Morgan fingerprint density at radius 1 is 1.05 bits per heavy atom. The lowest BCUT2D eigenvalue weighted by Crippen LogP contribution is -2.48. The summed E-state index contributed by atoms with van der Waals surface area (Å²) in [6.45, 7) is 6.52. The van der Waals surface area contributed by atoms with Gasteiger partial charge in [0.15, 0.2) is 11.5 Å². The number of fused-ring (bicyclic) bond motifs is 1. The number of likely N-dealkylation sites (tertiary alicyclic amines) is 1. The molecule has 10 heteroatoms. The van der Waals surface area contributed by atoms with Crippen molar-refractivity contribution in [2.24, 2.45) is 0 Å². The van der Waals surface area contributed by atoms with Gasteiger partial charge in [-0.25, -0.2) is 23.9 Å². The van der Waals surface area contributed by atoms with Crippen LogP contribution in [0.5, 0.6) is 0 Å². The van der Waals surface area contributed by atoms with Crippen molar-refractivity contribution in [1.82, 2.24) is 24.4 Å². The maximum absolute atomic E-state index is 15.5. The van der Waals surface area contributed by atoms with Crippen molar-refractivity contribution in [3.63, 3.8) is 0 Å². The molecule has 0 spiro atoms. The average Bonchev–Trinajstić information content (AvgIpc) is 3.24. The van der Waals surface area contributed by atoms with Crippen LogP contribution >= 0.6 is 0 Å². The number of halogens is 1. The summed E-state index contributed by atoms with van der Waals surface area (Å²) in [6.07, 6.45) is -0.360. The topological polar surface area (TPSA) is 96.3 Å². The molecule has 0 bridgehead atoms. The molecule has 4 aromatic rings. The number of aromatic amines is 1. The molecule has 9 nitrogen and oxygen atoms in total. The number of alkyl halides is 1. The zero-order chi connectivity index (χ0) is 27.6. The molecule has 1 aliphatic heterocycles. The fraction of sp³-hybridized carbons (Fsp3) is 0.379. The maximum Gasteiger partial charge on any atom is 0.410 e. The standard InChI is InChI=1S/C29H33FN6O3/c1-29(2,3)39-28(38)34-15-14-23(22(30)18-34)36-26-24(33-27(36)37)25(31-19-32-26)35(16-20-10-6-4-7-11-20)17-21-12-8-5-9-13-21/h4-13,19,22-23H,14-18H2,1-3H3,(H,33,37)/t22-,23-/m1/s1. The van der Waals surface area contributed by atoms with Gasteiger partial charge >= 0.3 is 11.8 Å². The summed E-state index contributed by atoms with van der Waals surface area (Å²) in [7, 11) is 0. The van der Waals surface area contributed by atoms with Crippen LogP contribution in [0.3, 0.4) is 0 Å². The van der Waals surface area contributed by atoms with E-state index in [0.717, 1.165) is 11.1 Å². The molecule has 204 valence electrons. The number of benzene rings is 2. The number of hydrogen-bond acceptors (Lipinski definition) is 6. The minimum Gasteiger partial charge on any atom is -0.444 e. The number of nitrogens with zero attached hydrogens (tertiary/aromatic N) is 5. The van der Waals surface area contributed by atoms with E-state index < -0.39 is 29.6 Å². The largest absolute Gasteiger partial charge is 0.444 e. The Labute approximate surface area is 226 Å². The number of ether oxygens (including phenoxy) is 1. The molecule has 2 atom stereocenters. The number of piperidine rings is 1. The third kappa shape index (κ3) is 5.94. The van der Waals surface area contributed by atoms with E-state index in [2.05, 4.69) is 19.9 Å². The van der Waals surface area contributed by atoms with Gasteiger partial charge in [-0.1, -0.05) is 60.7 Å². The Morgan fingerprint density at radius 3 is 2.23 bits per heavy atom. The van der Waals surface area contributed by atoms with Crippen LogP contribution in [-0.4, -0.2) is 55.4 Å². The Kier molecular flexibility index (Phi) is 7.36. The first-order valence-corrected chi connectivity index (χ1v) is 13.1. The first kappa shape index (κ1) is 26.4. The number of aromatic nitrogens is 4. The van der Waals surface area contributed by atoms with Crippen LogP contribution < -0.4 is 10.6 Å². The van der Waals surface area contributed by atoms with Crippen LogP contribution in [0.1, 0.15) is 44.4 Å². The molecular weight excluding hydrogens is 499 g/mol. The summed E-state index contributed by atoms with van der Waals surface area (Å²) in [6, 6.07) is 19.2. The predicted molar refractivity (Wildman–Crippen MR) is 147 cm³/mol. The number of H-pyrrole nitrogens is 1. The van der Waals surface area contributed by atoms with E-state index in [0.29, 0.717) is 30.1 Å². The summed E-state index contributed by atoms with van der Waals surface area (Å²) in [5.41, 5.74) is 1.84. The summed E-state index contributed by atoms with van der Waals surface area (Å²) in [5.74, 6) is 0.560. The quantitative estimate of drug-likeness (QED) is 0.382. The third-order valence-corrected chi connectivity index (χ3v) is 6.71. The summed E-state index contributed by atoms with van der Waals surface area (Å²) in [4.78, 5) is 41.0. The summed E-state index contributed by atoms with van der Waals surface area (Å²) < 4.78 is 22.3. The first-order chi connectivity index (χ1) is 18.7. The molecule has 1 N–H and O–H groups in total. The molecule has 0 radical (unpaired) electrons. The molecule has 2 aromatic carbocycles. The molecule has 2 aromatic heterocycles. The van der Waals surface area contributed by atoms with E-state index in [1.807, 2.05) is 60.7 Å². The Morgan fingerprint density at radius 2 is 1.67 bits per heavy atom. The number of imidazole rings is 1. The third-order valence-electron chi connectivity index (χ3n) is 6.71. The second-order valence-electron chi connectivity index (χ2n) is 10.8. The first-order valence-electron chi connectivity index (χ1n) is 13.1. The summed E-state index contributed by atoms with van der Waals surface area (Å²) in [5, 5.41) is 0.